The van der Waals surface area contributed by atoms with E-state index in [1.54, 1.807) is 0 Å². The zero-order valence-corrected chi connectivity index (χ0v) is 17.3. The van der Waals surface area contributed by atoms with E-state index in [1.807, 2.05) is 30.3 Å². The average molecular weight is 447 g/mol. The Morgan fingerprint density at radius 3 is 2.72 bits per heavy atom. The number of pyridine rings is 1. The summed E-state index contributed by atoms with van der Waals surface area (Å²) in [5.74, 6) is -0.0509. The molecule has 1 aliphatic heterocycles. The first-order valence-electron chi connectivity index (χ1n) is 10.5. The van der Waals surface area contributed by atoms with Gasteiger partial charge in [0.25, 0.3) is 0 Å². The monoisotopic (exact) mass is 447 g/mol. The van der Waals surface area contributed by atoms with Gasteiger partial charge in [0.05, 0.1) is 24.8 Å². The Bertz CT molecular complexity index is 1050. The molecule has 1 aromatic carbocycles. The standard InChI is InChI=1S/C22H24F3N5O2/c23-22(24,25)16-9-10-19-28-29-20(30(19)12-16)18(14-32-13-15-6-2-1-3-7-15)27-21(31)17-8-4-5-11-26-17/h1-3,6-7,9-10,12,17-18,26H,4-5,8,11,13-14H2,(H,27,31)/t17?,18-/m1/s1. The van der Waals surface area contributed by atoms with Gasteiger partial charge in [-0.25, -0.2) is 0 Å². The van der Waals surface area contributed by atoms with Crippen molar-refractivity contribution in [3.05, 3.63) is 65.6 Å². The van der Waals surface area contributed by atoms with Crippen LogP contribution in [0.4, 0.5) is 13.2 Å². The van der Waals surface area contributed by atoms with Crippen molar-refractivity contribution in [1.82, 2.24) is 25.2 Å². The van der Waals surface area contributed by atoms with E-state index in [9.17, 15) is 18.0 Å². The maximum absolute atomic E-state index is 13.2. The zero-order valence-electron chi connectivity index (χ0n) is 17.3. The van der Waals surface area contributed by atoms with E-state index in [2.05, 4.69) is 20.8 Å². The number of piperidine rings is 1. The Labute approximate surface area is 183 Å². The van der Waals surface area contributed by atoms with E-state index in [0.29, 0.717) is 13.0 Å². The molecule has 0 bridgehead atoms. The lowest BCUT2D eigenvalue weighted by atomic mass is 10.0. The van der Waals surface area contributed by atoms with Gasteiger partial charge in [0.1, 0.15) is 6.04 Å². The summed E-state index contributed by atoms with van der Waals surface area (Å²) in [6, 6.07) is 10.6. The first kappa shape index (κ1) is 22.2. The highest BCUT2D eigenvalue weighted by molar-refractivity contribution is 5.82. The predicted octanol–water partition coefficient (Wildman–Crippen LogP) is 3.26. The molecule has 10 heteroatoms. The topological polar surface area (TPSA) is 80.5 Å². The number of ether oxygens (including phenoxy) is 1. The molecule has 0 aliphatic carbocycles. The van der Waals surface area contributed by atoms with E-state index in [1.165, 1.54) is 10.5 Å². The highest BCUT2D eigenvalue weighted by Crippen LogP contribution is 2.29. The van der Waals surface area contributed by atoms with Crippen LogP contribution in [0.1, 0.15) is 42.3 Å². The Kier molecular flexibility index (Phi) is 6.71. The van der Waals surface area contributed by atoms with Crippen LogP contribution in [0.15, 0.2) is 48.7 Å². The number of hydrogen-bond acceptors (Lipinski definition) is 5. The average Bonchev–Trinajstić information content (AvgIpc) is 3.22. The molecular weight excluding hydrogens is 423 g/mol. The number of amides is 1. The Balaban J connectivity index is 1.58. The summed E-state index contributed by atoms with van der Waals surface area (Å²) in [6.07, 6.45) is -0.933. The molecule has 7 nitrogen and oxygen atoms in total. The smallest absolute Gasteiger partial charge is 0.374 e. The second-order valence-corrected chi connectivity index (χ2v) is 7.77. The molecule has 0 saturated carbocycles. The van der Waals surface area contributed by atoms with Gasteiger partial charge in [-0.3, -0.25) is 9.20 Å². The van der Waals surface area contributed by atoms with Gasteiger partial charge >= 0.3 is 6.18 Å². The van der Waals surface area contributed by atoms with Crippen LogP contribution in [0, 0.1) is 0 Å². The lowest BCUT2D eigenvalue weighted by molar-refractivity contribution is -0.138. The fourth-order valence-electron chi connectivity index (χ4n) is 3.71. The second-order valence-electron chi connectivity index (χ2n) is 7.77. The lowest BCUT2D eigenvalue weighted by Crippen LogP contribution is -2.48. The number of carbonyl (C=O) groups is 1. The van der Waals surface area contributed by atoms with E-state index in [0.717, 1.165) is 37.2 Å². The number of benzene rings is 1. The van der Waals surface area contributed by atoms with Crippen LogP contribution in [0.2, 0.25) is 0 Å². The van der Waals surface area contributed by atoms with E-state index in [4.69, 9.17) is 4.74 Å². The van der Waals surface area contributed by atoms with Crippen LogP contribution in [0.3, 0.4) is 0 Å². The van der Waals surface area contributed by atoms with Crippen molar-refractivity contribution in [2.45, 2.75) is 44.1 Å². The van der Waals surface area contributed by atoms with Crippen molar-refractivity contribution >= 4 is 11.6 Å². The van der Waals surface area contributed by atoms with Gasteiger partial charge in [0.2, 0.25) is 5.91 Å². The third kappa shape index (κ3) is 5.25. The van der Waals surface area contributed by atoms with Crippen molar-refractivity contribution in [1.29, 1.82) is 0 Å². The van der Waals surface area contributed by atoms with Crippen molar-refractivity contribution in [3.63, 3.8) is 0 Å². The molecular formula is C22H24F3N5O2. The molecule has 3 aromatic rings. The van der Waals surface area contributed by atoms with Crippen LogP contribution in [0.5, 0.6) is 0 Å². The maximum atomic E-state index is 13.2. The normalized spacial score (nSPS) is 17.9. The molecule has 1 aliphatic rings. The number of fused-ring (bicyclic) bond motifs is 1. The van der Waals surface area contributed by atoms with Crippen LogP contribution < -0.4 is 10.6 Å². The first-order valence-corrected chi connectivity index (χ1v) is 10.5. The van der Waals surface area contributed by atoms with Gasteiger partial charge in [-0.1, -0.05) is 36.8 Å². The molecule has 32 heavy (non-hydrogen) atoms. The van der Waals surface area contributed by atoms with Crippen molar-refractivity contribution in [2.24, 2.45) is 0 Å². The van der Waals surface area contributed by atoms with Crippen LogP contribution in [-0.4, -0.2) is 39.7 Å². The number of halogens is 3. The van der Waals surface area contributed by atoms with Gasteiger partial charge in [-0.05, 0) is 37.1 Å². The Hall–Kier alpha value is -2.98. The molecule has 2 atom stereocenters. The summed E-state index contributed by atoms with van der Waals surface area (Å²) in [5, 5.41) is 14.1. The third-order valence-electron chi connectivity index (χ3n) is 5.41. The Morgan fingerprint density at radius 2 is 2.00 bits per heavy atom. The lowest BCUT2D eigenvalue weighted by Gasteiger charge is -2.25. The van der Waals surface area contributed by atoms with Crippen LogP contribution >= 0.6 is 0 Å². The zero-order chi connectivity index (χ0) is 22.6. The molecule has 1 fully saturated rings. The van der Waals surface area contributed by atoms with Gasteiger partial charge in [0.15, 0.2) is 11.5 Å². The van der Waals surface area contributed by atoms with Gasteiger partial charge < -0.3 is 15.4 Å². The summed E-state index contributed by atoms with van der Waals surface area (Å²) in [6.45, 7) is 1.07. The van der Waals surface area contributed by atoms with Crippen molar-refractivity contribution in [3.8, 4) is 0 Å². The van der Waals surface area contributed by atoms with Crippen LogP contribution in [0.25, 0.3) is 5.65 Å². The summed E-state index contributed by atoms with van der Waals surface area (Å²) >= 11 is 0. The molecule has 4 rings (SSSR count). The number of alkyl halides is 3. The number of rotatable bonds is 7. The maximum Gasteiger partial charge on any atom is 0.417 e. The van der Waals surface area contributed by atoms with E-state index >= 15 is 0 Å². The largest absolute Gasteiger partial charge is 0.417 e. The Morgan fingerprint density at radius 1 is 1.19 bits per heavy atom. The molecule has 1 saturated heterocycles. The summed E-state index contributed by atoms with van der Waals surface area (Å²) in [4.78, 5) is 12.8. The van der Waals surface area contributed by atoms with Gasteiger partial charge in [0, 0.05) is 6.20 Å². The van der Waals surface area contributed by atoms with Gasteiger partial charge in [-0.2, -0.15) is 13.2 Å². The molecule has 170 valence electrons. The summed E-state index contributed by atoms with van der Waals surface area (Å²) < 4.78 is 46.8. The fourth-order valence-corrected chi connectivity index (χ4v) is 3.71. The number of nitrogens with one attached hydrogen (secondary N) is 2. The minimum absolute atomic E-state index is 0.0321. The molecule has 1 amide bonds. The number of hydrogen-bond donors (Lipinski definition) is 2. The SMILES string of the molecule is O=C(N[C@H](COCc1ccccc1)c1nnc2ccc(C(F)(F)F)cn12)C1CCCCN1. The third-order valence-corrected chi connectivity index (χ3v) is 5.41. The molecule has 0 radical (unpaired) electrons. The quantitative estimate of drug-likeness (QED) is 0.581. The molecule has 0 spiro atoms. The highest BCUT2D eigenvalue weighted by atomic mass is 19.4. The van der Waals surface area contributed by atoms with E-state index < -0.39 is 17.8 Å². The number of carbonyl (C=O) groups excluding carboxylic acids is 1. The molecule has 2 aromatic heterocycles. The minimum Gasteiger partial charge on any atom is -0.374 e. The molecule has 3 heterocycles. The van der Waals surface area contributed by atoms with Crippen LogP contribution in [-0.2, 0) is 22.3 Å². The number of nitrogens with zero attached hydrogens (tertiary/aromatic N) is 3. The van der Waals surface area contributed by atoms with Crippen molar-refractivity contribution in [2.75, 3.05) is 13.2 Å². The minimum atomic E-state index is -4.51. The van der Waals surface area contributed by atoms with Crippen molar-refractivity contribution < 1.29 is 22.7 Å². The highest BCUT2D eigenvalue weighted by Gasteiger charge is 2.32. The summed E-state index contributed by atoms with van der Waals surface area (Å²) in [5.41, 5.74) is 0.373. The fraction of sp³-hybridized carbons (Fsp3) is 0.409. The predicted molar refractivity (Wildman–Crippen MR) is 111 cm³/mol. The second kappa shape index (κ2) is 9.66. The van der Waals surface area contributed by atoms with Gasteiger partial charge in [-0.15, -0.1) is 10.2 Å². The first-order chi connectivity index (χ1) is 15.4. The summed E-state index contributed by atoms with van der Waals surface area (Å²) in [7, 11) is 0. The number of aromatic nitrogens is 3. The van der Waals surface area contributed by atoms with E-state index in [-0.39, 0.29) is 30.0 Å². The molecule has 2 N–H and O–H groups in total. The molecule has 1 unspecified atom stereocenters.